The molecule has 0 nitrogen and oxygen atoms in total. The summed E-state index contributed by atoms with van der Waals surface area (Å²) in [5.74, 6) is -1.35. The van der Waals surface area contributed by atoms with Crippen LogP contribution in [0.3, 0.4) is 0 Å². The highest BCUT2D eigenvalue weighted by atomic mass is 19.1. The summed E-state index contributed by atoms with van der Waals surface area (Å²) in [6.45, 7) is 0. The first-order chi connectivity index (χ1) is 25.9. The third-order valence-corrected chi connectivity index (χ3v) is 11.0. The van der Waals surface area contributed by atoms with E-state index in [1.807, 2.05) is 72.8 Å². The van der Waals surface area contributed by atoms with Gasteiger partial charge >= 0.3 is 0 Å². The molecule has 0 aliphatic heterocycles. The molecule has 10 rings (SSSR count). The first-order valence-electron chi connectivity index (χ1n) is 17.5. The van der Waals surface area contributed by atoms with Crippen molar-refractivity contribution in [1.82, 2.24) is 0 Å². The number of hydrogen-bond donors (Lipinski definition) is 0. The van der Waals surface area contributed by atoms with Crippen molar-refractivity contribution in [2.24, 2.45) is 0 Å². The summed E-state index contributed by atoms with van der Waals surface area (Å²) in [6, 6.07) is 51.0. The Labute approximate surface area is 304 Å². The first-order valence-corrected chi connectivity index (χ1v) is 17.5. The third kappa shape index (κ3) is 4.55. The molecule has 0 saturated heterocycles. The fourth-order valence-electron chi connectivity index (χ4n) is 8.68. The first kappa shape index (κ1) is 31.2. The van der Waals surface area contributed by atoms with Crippen molar-refractivity contribution in [1.29, 1.82) is 0 Å². The largest absolute Gasteiger partial charge is 0.206 e. The van der Waals surface area contributed by atoms with Crippen LogP contribution in [0.1, 0.15) is 22.3 Å². The monoisotopic (exact) mass is 692 g/mol. The maximum absolute atomic E-state index is 15.5. The van der Waals surface area contributed by atoms with Gasteiger partial charge in [0.05, 0.1) is 5.41 Å². The zero-order valence-electron chi connectivity index (χ0n) is 28.2. The van der Waals surface area contributed by atoms with E-state index in [1.165, 1.54) is 24.3 Å². The highest BCUT2D eigenvalue weighted by Crippen LogP contribution is 2.64. The molecule has 1 spiro atoms. The number of rotatable bonds is 4. The van der Waals surface area contributed by atoms with Crippen molar-refractivity contribution in [3.05, 3.63) is 215 Å². The summed E-state index contributed by atoms with van der Waals surface area (Å²) in [4.78, 5) is 0. The minimum absolute atomic E-state index is 0.338. The molecule has 2 aliphatic carbocycles. The van der Waals surface area contributed by atoms with Crippen LogP contribution in [0, 0.1) is 23.3 Å². The van der Waals surface area contributed by atoms with Gasteiger partial charge in [-0.15, -0.1) is 0 Å². The Morgan fingerprint density at radius 1 is 0.245 bits per heavy atom. The minimum Gasteiger partial charge on any atom is -0.206 e. The molecule has 0 saturated carbocycles. The molecule has 8 aromatic rings. The van der Waals surface area contributed by atoms with Crippen molar-refractivity contribution in [2.75, 3.05) is 0 Å². The molecule has 2 aliphatic rings. The number of hydrogen-bond acceptors (Lipinski definition) is 0. The van der Waals surface area contributed by atoms with Gasteiger partial charge in [0.15, 0.2) is 0 Å². The zero-order chi connectivity index (χ0) is 35.8. The van der Waals surface area contributed by atoms with Crippen LogP contribution in [-0.4, -0.2) is 0 Å². The van der Waals surface area contributed by atoms with Gasteiger partial charge in [0.2, 0.25) is 0 Å². The normalized spacial score (nSPS) is 13.1. The quantitative estimate of drug-likeness (QED) is 0.161. The lowest BCUT2D eigenvalue weighted by Gasteiger charge is -2.32. The Bertz CT molecular complexity index is 2410. The predicted molar refractivity (Wildman–Crippen MR) is 204 cm³/mol. The van der Waals surface area contributed by atoms with E-state index in [4.69, 9.17) is 0 Å². The number of benzene rings is 8. The zero-order valence-corrected chi connectivity index (χ0v) is 28.2. The topological polar surface area (TPSA) is 0 Å². The molecule has 0 fully saturated rings. The fraction of sp³-hybridized carbons (Fsp3) is 0.0204. The molecule has 53 heavy (non-hydrogen) atoms. The Kier molecular flexibility index (Phi) is 6.93. The second-order valence-electron chi connectivity index (χ2n) is 13.7. The van der Waals surface area contributed by atoms with Gasteiger partial charge in [-0.2, -0.15) is 0 Å². The summed E-state index contributed by atoms with van der Waals surface area (Å²) in [5.41, 5.74) is 11.1. The Balaban J connectivity index is 1.35. The van der Waals surface area contributed by atoms with Crippen molar-refractivity contribution < 1.29 is 17.6 Å². The molecule has 8 aromatic carbocycles. The molecule has 252 valence electrons. The van der Waals surface area contributed by atoms with E-state index in [9.17, 15) is 0 Å². The van der Waals surface area contributed by atoms with E-state index in [2.05, 4.69) is 24.3 Å². The average molecular weight is 693 g/mol. The molecule has 0 amide bonds. The molecule has 4 heteroatoms. The van der Waals surface area contributed by atoms with Gasteiger partial charge in [-0.3, -0.25) is 0 Å². The van der Waals surface area contributed by atoms with Crippen molar-refractivity contribution in [3.63, 3.8) is 0 Å². The summed E-state index contributed by atoms with van der Waals surface area (Å²) in [7, 11) is 0. The lowest BCUT2D eigenvalue weighted by Crippen LogP contribution is -2.26. The van der Waals surface area contributed by atoms with Crippen LogP contribution in [0.5, 0.6) is 0 Å². The summed E-state index contributed by atoms with van der Waals surface area (Å²) < 4.78 is 61.9. The van der Waals surface area contributed by atoms with Crippen LogP contribution in [0.4, 0.5) is 17.6 Å². The third-order valence-electron chi connectivity index (χ3n) is 11.0. The van der Waals surface area contributed by atoms with E-state index >= 15 is 17.6 Å². The van der Waals surface area contributed by atoms with Crippen LogP contribution < -0.4 is 0 Å². The van der Waals surface area contributed by atoms with E-state index in [0.29, 0.717) is 44.5 Å². The number of halogens is 4. The van der Waals surface area contributed by atoms with Crippen LogP contribution >= 0.6 is 0 Å². The molecule has 0 unspecified atom stereocenters. The Hall–Kier alpha value is -6.52. The second-order valence-corrected chi connectivity index (χ2v) is 13.7. The van der Waals surface area contributed by atoms with E-state index in [1.54, 1.807) is 48.5 Å². The molecule has 0 heterocycles. The predicted octanol–water partition coefficient (Wildman–Crippen LogP) is 13.3. The molecule has 0 N–H and O–H groups in total. The molecule has 0 atom stereocenters. The van der Waals surface area contributed by atoms with Gasteiger partial charge in [0.1, 0.15) is 23.3 Å². The minimum atomic E-state index is -1.01. The van der Waals surface area contributed by atoms with Gasteiger partial charge in [-0.1, -0.05) is 121 Å². The van der Waals surface area contributed by atoms with E-state index in [0.717, 1.165) is 44.5 Å². The van der Waals surface area contributed by atoms with Gasteiger partial charge in [-0.05, 0) is 115 Å². The highest BCUT2D eigenvalue weighted by Gasteiger charge is 2.52. The van der Waals surface area contributed by atoms with E-state index < -0.39 is 5.41 Å². The van der Waals surface area contributed by atoms with Crippen LogP contribution in [0.2, 0.25) is 0 Å². The SMILES string of the molecule is Fc1ccccc1-c1ccc2c(c1)C1(c3cc(-c4ccccc4F)ccc3-2)c2cc(-c3ccccc3F)ccc2-c2ccc(-c3ccccc3F)cc21. The lowest BCUT2D eigenvalue weighted by molar-refractivity contribution is 0.631. The van der Waals surface area contributed by atoms with Gasteiger partial charge in [0, 0.05) is 22.3 Å². The maximum atomic E-state index is 15.5. The van der Waals surface area contributed by atoms with Crippen LogP contribution in [0.15, 0.2) is 170 Å². The summed E-state index contributed by atoms with van der Waals surface area (Å²) >= 11 is 0. The van der Waals surface area contributed by atoms with Crippen molar-refractivity contribution >= 4 is 0 Å². The molecule has 0 radical (unpaired) electrons. The second kappa shape index (κ2) is 11.8. The van der Waals surface area contributed by atoms with Gasteiger partial charge in [0.25, 0.3) is 0 Å². The standard InChI is InChI=1S/C49H28F4/c50-45-13-5-1-9-33(45)29-17-21-37-38-22-18-30(34-10-2-6-14-46(34)51)26-42(38)49(41(37)25-29)43-27-31(35-11-3-7-15-47(35)52)19-23-39(43)40-24-20-32(28-44(40)49)36-12-4-8-16-48(36)53/h1-28H. The number of fused-ring (bicyclic) bond motifs is 10. The Morgan fingerprint density at radius 2 is 0.472 bits per heavy atom. The maximum Gasteiger partial charge on any atom is 0.131 e. The highest BCUT2D eigenvalue weighted by molar-refractivity contribution is 5.98. The van der Waals surface area contributed by atoms with Crippen molar-refractivity contribution in [3.8, 4) is 66.8 Å². The molecular weight excluding hydrogens is 665 g/mol. The summed E-state index contributed by atoms with van der Waals surface area (Å²) in [6.07, 6.45) is 0. The van der Waals surface area contributed by atoms with Crippen LogP contribution in [0.25, 0.3) is 66.8 Å². The average Bonchev–Trinajstić information content (AvgIpc) is 3.64. The van der Waals surface area contributed by atoms with E-state index in [-0.39, 0.29) is 23.3 Å². The molecular formula is C49H28F4. The smallest absolute Gasteiger partial charge is 0.131 e. The van der Waals surface area contributed by atoms with Crippen molar-refractivity contribution in [2.45, 2.75) is 5.41 Å². The fourth-order valence-corrected chi connectivity index (χ4v) is 8.68. The molecule has 0 bridgehead atoms. The Morgan fingerprint density at radius 3 is 0.698 bits per heavy atom. The lowest BCUT2D eigenvalue weighted by atomic mass is 9.69. The van der Waals surface area contributed by atoms with Gasteiger partial charge < -0.3 is 0 Å². The van der Waals surface area contributed by atoms with Crippen LogP contribution in [-0.2, 0) is 5.41 Å². The van der Waals surface area contributed by atoms with Gasteiger partial charge in [-0.25, -0.2) is 17.6 Å². The molecule has 0 aromatic heterocycles. The summed E-state index contributed by atoms with van der Waals surface area (Å²) in [5, 5.41) is 0.